The van der Waals surface area contributed by atoms with E-state index in [1.54, 1.807) is 36.4 Å². The second kappa shape index (κ2) is 6.29. The molecule has 0 aliphatic carbocycles. The van der Waals surface area contributed by atoms with E-state index in [-0.39, 0.29) is 0 Å². The Morgan fingerprint density at radius 3 is 2.67 bits per heavy atom. The van der Waals surface area contributed by atoms with Gasteiger partial charge in [-0.25, -0.2) is 15.0 Å². The number of hydrogen-bond donors (Lipinski definition) is 0. The van der Waals surface area contributed by atoms with Gasteiger partial charge in [0, 0.05) is 24.7 Å². The molecule has 4 heterocycles. The number of nitrogens with zero attached hydrogens (tertiary/aromatic N) is 5. The van der Waals surface area contributed by atoms with Crippen LogP contribution in [0.2, 0.25) is 0 Å². The first-order valence-corrected chi connectivity index (χ1v) is 9.60. The Kier molecular flexibility index (Phi) is 3.99. The van der Waals surface area contributed by atoms with Crippen molar-refractivity contribution in [3.63, 3.8) is 0 Å². The van der Waals surface area contributed by atoms with Gasteiger partial charge >= 0.3 is 0 Å². The number of aromatic nitrogens is 5. The van der Waals surface area contributed by atoms with Crippen LogP contribution in [0.4, 0.5) is 0 Å². The van der Waals surface area contributed by atoms with Gasteiger partial charge in [-0.3, -0.25) is 4.40 Å². The first-order chi connectivity index (χ1) is 11.8. The average molecular weight is 355 g/mol. The third-order valence-electron chi connectivity index (χ3n) is 3.51. The van der Waals surface area contributed by atoms with Gasteiger partial charge < -0.3 is 4.74 Å². The van der Waals surface area contributed by atoms with Crippen LogP contribution in [-0.4, -0.2) is 36.8 Å². The fraction of sp³-hybridized carbons (Fsp3) is 0.125. The van der Waals surface area contributed by atoms with Crippen molar-refractivity contribution in [1.29, 1.82) is 0 Å². The van der Waals surface area contributed by atoms with Gasteiger partial charge in [0.1, 0.15) is 5.65 Å². The van der Waals surface area contributed by atoms with Gasteiger partial charge in [-0.2, -0.15) is 4.98 Å². The van der Waals surface area contributed by atoms with Gasteiger partial charge in [0.05, 0.1) is 10.9 Å². The van der Waals surface area contributed by atoms with Crippen molar-refractivity contribution >= 4 is 40.1 Å². The van der Waals surface area contributed by atoms with Crippen LogP contribution < -0.4 is 4.74 Å². The second-order valence-electron chi connectivity index (χ2n) is 4.84. The van der Waals surface area contributed by atoms with E-state index in [0.717, 1.165) is 27.5 Å². The van der Waals surface area contributed by atoms with Crippen molar-refractivity contribution < 1.29 is 4.74 Å². The lowest BCUT2D eigenvalue weighted by molar-refractivity contribution is 0.464. The van der Waals surface area contributed by atoms with Gasteiger partial charge in [-0.05, 0) is 30.7 Å². The Hall–Kier alpha value is -2.32. The summed E-state index contributed by atoms with van der Waals surface area (Å²) in [6.07, 6.45) is 9.17. The smallest absolute Gasteiger partial charge is 0.223 e. The summed E-state index contributed by atoms with van der Waals surface area (Å²) in [6.45, 7) is 0. The highest BCUT2D eigenvalue weighted by atomic mass is 32.2. The average Bonchev–Trinajstić information content (AvgIpc) is 2.96. The van der Waals surface area contributed by atoms with Crippen molar-refractivity contribution in [2.45, 2.75) is 10.3 Å². The molecule has 0 saturated carbocycles. The van der Waals surface area contributed by atoms with Crippen LogP contribution in [0.25, 0.3) is 16.6 Å². The molecule has 0 spiro atoms. The number of rotatable bonds is 4. The summed E-state index contributed by atoms with van der Waals surface area (Å²) < 4.78 is 8.13. The molecule has 0 amide bonds. The Balaban J connectivity index is 1.96. The highest BCUT2D eigenvalue weighted by Crippen LogP contribution is 2.37. The van der Waals surface area contributed by atoms with E-state index in [9.17, 15) is 0 Å². The minimum atomic E-state index is 0.509. The van der Waals surface area contributed by atoms with Gasteiger partial charge in [0.25, 0.3) is 0 Å². The summed E-state index contributed by atoms with van der Waals surface area (Å²) in [5.41, 5.74) is 1.73. The largest absolute Gasteiger partial charge is 0.436 e. The summed E-state index contributed by atoms with van der Waals surface area (Å²) in [6, 6.07) is 7.56. The van der Waals surface area contributed by atoms with Gasteiger partial charge in [-0.1, -0.05) is 23.5 Å². The molecule has 8 heteroatoms. The maximum absolute atomic E-state index is 6.12. The molecule has 0 bridgehead atoms. The fourth-order valence-electron chi connectivity index (χ4n) is 2.52. The highest BCUT2D eigenvalue weighted by molar-refractivity contribution is 7.98. The Morgan fingerprint density at radius 2 is 1.83 bits per heavy atom. The van der Waals surface area contributed by atoms with Crippen LogP contribution in [0.3, 0.4) is 0 Å². The lowest BCUT2D eigenvalue weighted by atomic mass is 10.3. The minimum Gasteiger partial charge on any atom is -0.436 e. The molecule has 0 aliphatic heterocycles. The minimum absolute atomic E-state index is 0.509. The zero-order valence-corrected chi connectivity index (χ0v) is 14.6. The number of hydrogen-bond acceptors (Lipinski definition) is 7. The van der Waals surface area contributed by atoms with E-state index in [0.29, 0.717) is 11.0 Å². The van der Waals surface area contributed by atoms with Crippen LogP contribution in [0, 0.1) is 0 Å². The van der Waals surface area contributed by atoms with E-state index >= 15 is 0 Å². The van der Waals surface area contributed by atoms with Crippen molar-refractivity contribution in [1.82, 2.24) is 24.3 Å². The number of ether oxygens (including phenoxy) is 1. The second-order valence-corrected chi connectivity index (χ2v) is 6.39. The van der Waals surface area contributed by atoms with Crippen LogP contribution in [-0.2, 0) is 0 Å². The Labute approximate surface area is 146 Å². The molecule has 120 valence electrons. The van der Waals surface area contributed by atoms with E-state index < -0.39 is 0 Å². The quantitative estimate of drug-likeness (QED) is 0.406. The molecule has 0 atom stereocenters. The summed E-state index contributed by atoms with van der Waals surface area (Å²) in [4.78, 5) is 17.5. The molecular formula is C16H13N5OS2. The molecular weight excluding hydrogens is 342 g/mol. The van der Waals surface area contributed by atoms with Gasteiger partial charge in [0.15, 0.2) is 16.1 Å². The molecule has 0 aliphatic rings. The van der Waals surface area contributed by atoms with E-state index in [4.69, 9.17) is 4.74 Å². The number of fused-ring (bicyclic) bond motifs is 3. The maximum Gasteiger partial charge on any atom is 0.223 e. The van der Waals surface area contributed by atoms with E-state index in [1.165, 1.54) is 11.8 Å². The lowest BCUT2D eigenvalue weighted by Gasteiger charge is -2.05. The molecule has 4 aromatic heterocycles. The number of pyridine rings is 1. The number of thioether (sulfide) groups is 2. The molecule has 0 radical (unpaired) electrons. The predicted molar refractivity (Wildman–Crippen MR) is 96.2 cm³/mol. The molecule has 4 rings (SSSR count). The molecule has 0 saturated heterocycles. The van der Waals surface area contributed by atoms with E-state index in [2.05, 4.69) is 19.9 Å². The van der Waals surface area contributed by atoms with E-state index in [1.807, 2.05) is 35.1 Å². The van der Waals surface area contributed by atoms with Crippen LogP contribution >= 0.6 is 23.5 Å². The first-order valence-electron chi connectivity index (χ1n) is 7.15. The summed E-state index contributed by atoms with van der Waals surface area (Å²) in [5.74, 6) is 1.23. The summed E-state index contributed by atoms with van der Waals surface area (Å²) in [5, 5.41) is 2.45. The highest BCUT2D eigenvalue weighted by Gasteiger charge is 2.17. The van der Waals surface area contributed by atoms with Crippen LogP contribution in [0.5, 0.6) is 11.6 Å². The Bertz CT molecular complexity index is 1030. The Morgan fingerprint density at radius 1 is 0.958 bits per heavy atom. The van der Waals surface area contributed by atoms with Crippen LogP contribution in [0.15, 0.2) is 53.2 Å². The zero-order chi connectivity index (χ0) is 16.5. The molecule has 4 aromatic rings. The molecule has 0 fully saturated rings. The van der Waals surface area contributed by atoms with Crippen molar-refractivity contribution in [2.24, 2.45) is 0 Å². The third-order valence-corrected chi connectivity index (χ3v) is 4.72. The van der Waals surface area contributed by atoms with Crippen LogP contribution in [0.1, 0.15) is 0 Å². The van der Waals surface area contributed by atoms with Gasteiger partial charge in [-0.15, -0.1) is 0 Å². The lowest BCUT2D eigenvalue weighted by Crippen LogP contribution is -1.94. The molecule has 0 unspecified atom stereocenters. The van der Waals surface area contributed by atoms with Crippen molar-refractivity contribution in [2.75, 3.05) is 12.5 Å². The molecule has 0 N–H and O–H groups in total. The zero-order valence-electron chi connectivity index (χ0n) is 13.0. The predicted octanol–water partition coefficient (Wildman–Crippen LogP) is 3.91. The monoisotopic (exact) mass is 355 g/mol. The van der Waals surface area contributed by atoms with Crippen molar-refractivity contribution in [3.8, 4) is 11.6 Å². The first kappa shape index (κ1) is 15.2. The maximum atomic E-state index is 6.12. The van der Waals surface area contributed by atoms with Crippen molar-refractivity contribution in [3.05, 3.63) is 42.9 Å². The topological polar surface area (TPSA) is 65.2 Å². The van der Waals surface area contributed by atoms with Gasteiger partial charge in [0.2, 0.25) is 5.88 Å². The normalized spacial score (nSPS) is 11.2. The fourth-order valence-corrected chi connectivity index (χ4v) is 3.40. The third kappa shape index (κ3) is 2.47. The standard InChI is InChI=1S/C16H13N5OS2/c1-23-15-18-9-6-12(20-15)22-13-10-4-3-7-17-14(10)21-11(13)5-8-19-16(21)24-2/h3-9H,1-2H3. The molecule has 0 aromatic carbocycles. The summed E-state index contributed by atoms with van der Waals surface area (Å²) >= 11 is 3.04. The summed E-state index contributed by atoms with van der Waals surface area (Å²) in [7, 11) is 0. The molecule has 24 heavy (non-hydrogen) atoms. The SMILES string of the molecule is CSc1nccc(Oc2c3cccnc3n3c(SC)nccc23)n1. The molecule has 6 nitrogen and oxygen atoms in total.